The van der Waals surface area contributed by atoms with Crippen molar-refractivity contribution in [2.24, 2.45) is 0 Å². The number of alkyl carbamates (subject to hydrolysis) is 1. The third-order valence-electron chi connectivity index (χ3n) is 1.92. The number of benzene rings is 1. The van der Waals surface area contributed by atoms with E-state index in [1.165, 1.54) is 5.56 Å². The summed E-state index contributed by atoms with van der Waals surface area (Å²) in [7, 11) is 0. The molecule has 3 nitrogen and oxygen atoms in total. The third kappa shape index (κ3) is 4.82. The van der Waals surface area contributed by atoms with Gasteiger partial charge in [-0.2, -0.15) is 0 Å². The monoisotopic (exact) mass is 221 g/mol. The summed E-state index contributed by atoms with van der Waals surface area (Å²) in [5, 5.41) is 2.72. The van der Waals surface area contributed by atoms with E-state index in [0.717, 1.165) is 5.56 Å². The van der Waals surface area contributed by atoms with E-state index in [1.54, 1.807) is 0 Å². The fraction of sp³-hybridized carbons (Fsp3) is 0.462. The molecule has 0 spiro atoms. The molecule has 0 heterocycles. The lowest BCUT2D eigenvalue weighted by Gasteiger charge is -2.19. The third-order valence-corrected chi connectivity index (χ3v) is 1.92. The molecule has 1 aromatic rings. The van der Waals surface area contributed by atoms with Crippen LogP contribution in [0.1, 0.15) is 31.9 Å². The van der Waals surface area contributed by atoms with Crippen molar-refractivity contribution in [2.75, 3.05) is 0 Å². The molecule has 0 radical (unpaired) electrons. The molecule has 0 aromatic heterocycles. The molecule has 1 amide bonds. The van der Waals surface area contributed by atoms with Gasteiger partial charge in [0.1, 0.15) is 5.60 Å². The van der Waals surface area contributed by atoms with Gasteiger partial charge in [0, 0.05) is 6.54 Å². The van der Waals surface area contributed by atoms with Crippen molar-refractivity contribution in [3.8, 4) is 0 Å². The van der Waals surface area contributed by atoms with Crippen molar-refractivity contribution in [1.82, 2.24) is 5.32 Å². The van der Waals surface area contributed by atoms with Crippen molar-refractivity contribution in [3.63, 3.8) is 0 Å². The number of aryl methyl sites for hydroxylation is 1. The second-order valence-corrected chi connectivity index (χ2v) is 4.84. The first-order valence-electron chi connectivity index (χ1n) is 5.39. The summed E-state index contributed by atoms with van der Waals surface area (Å²) in [6, 6.07) is 8.01. The number of ether oxygens (including phenoxy) is 1. The Kier molecular flexibility index (Phi) is 3.93. The zero-order valence-corrected chi connectivity index (χ0v) is 10.3. The Morgan fingerprint density at radius 1 is 1.38 bits per heavy atom. The fourth-order valence-corrected chi connectivity index (χ4v) is 1.31. The number of carbonyl (C=O) groups excluding carboxylic acids is 1. The Labute approximate surface area is 96.8 Å². The van der Waals surface area contributed by atoms with Gasteiger partial charge in [0.15, 0.2) is 0 Å². The van der Waals surface area contributed by atoms with E-state index in [2.05, 4.69) is 5.32 Å². The van der Waals surface area contributed by atoms with Crippen LogP contribution in [0.15, 0.2) is 24.3 Å². The Morgan fingerprint density at radius 3 is 2.62 bits per heavy atom. The summed E-state index contributed by atoms with van der Waals surface area (Å²) in [6.07, 6.45) is -0.381. The summed E-state index contributed by atoms with van der Waals surface area (Å²) in [5.74, 6) is 0. The SMILES string of the molecule is Cc1cccc(CNC(=O)OC(C)(C)C)c1. The van der Waals surface area contributed by atoms with Crippen LogP contribution in [-0.4, -0.2) is 11.7 Å². The summed E-state index contributed by atoms with van der Waals surface area (Å²) in [4.78, 5) is 11.4. The van der Waals surface area contributed by atoms with Gasteiger partial charge in [-0.05, 0) is 33.3 Å². The van der Waals surface area contributed by atoms with Gasteiger partial charge in [-0.1, -0.05) is 29.8 Å². The summed E-state index contributed by atoms with van der Waals surface area (Å²) < 4.78 is 5.14. The first kappa shape index (κ1) is 12.6. The quantitative estimate of drug-likeness (QED) is 0.833. The Hall–Kier alpha value is -1.51. The molecule has 1 rings (SSSR count). The maximum atomic E-state index is 11.4. The van der Waals surface area contributed by atoms with Crippen molar-refractivity contribution in [3.05, 3.63) is 35.4 Å². The largest absolute Gasteiger partial charge is 0.444 e. The van der Waals surface area contributed by atoms with Gasteiger partial charge in [-0.3, -0.25) is 0 Å². The average Bonchev–Trinajstić information content (AvgIpc) is 2.12. The van der Waals surface area contributed by atoms with E-state index >= 15 is 0 Å². The maximum absolute atomic E-state index is 11.4. The molecule has 1 N–H and O–H groups in total. The lowest BCUT2D eigenvalue weighted by molar-refractivity contribution is 0.0523. The molecule has 88 valence electrons. The number of nitrogens with one attached hydrogen (secondary N) is 1. The van der Waals surface area contributed by atoms with Crippen molar-refractivity contribution < 1.29 is 9.53 Å². The number of hydrogen-bond acceptors (Lipinski definition) is 2. The summed E-state index contributed by atoms with van der Waals surface area (Å²) >= 11 is 0. The molecule has 0 aliphatic carbocycles. The lowest BCUT2D eigenvalue weighted by Crippen LogP contribution is -2.32. The molecular formula is C13H19NO2. The first-order valence-corrected chi connectivity index (χ1v) is 5.39. The molecule has 0 saturated heterocycles. The molecule has 16 heavy (non-hydrogen) atoms. The van der Waals surface area contributed by atoms with Gasteiger partial charge in [-0.15, -0.1) is 0 Å². The van der Waals surface area contributed by atoms with Crippen molar-refractivity contribution >= 4 is 6.09 Å². The Bertz CT molecular complexity index is 366. The molecule has 0 bridgehead atoms. The van der Waals surface area contributed by atoms with Crippen LogP contribution in [0.25, 0.3) is 0 Å². The second-order valence-electron chi connectivity index (χ2n) is 4.84. The molecule has 3 heteroatoms. The highest BCUT2D eigenvalue weighted by Crippen LogP contribution is 2.07. The van der Waals surface area contributed by atoms with Gasteiger partial charge in [0.25, 0.3) is 0 Å². The van der Waals surface area contributed by atoms with Gasteiger partial charge in [-0.25, -0.2) is 4.79 Å². The predicted octanol–water partition coefficient (Wildman–Crippen LogP) is 3.02. The van der Waals surface area contributed by atoms with Gasteiger partial charge in [0.05, 0.1) is 0 Å². The Morgan fingerprint density at radius 2 is 2.06 bits per heavy atom. The van der Waals surface area contributed by atoms with Crippen LogP contribution >= 0.6 is 0 Å². The molecule has 0 saturated carbocycles. The van der Waals surface area contributed by atoms with E-state index in [4.69, 9.17) is 4.74 Å². The standard InChI is InChI=1S/C13H19NO2/c1-10-6-5-7-11(8-10)9-14-12(15)16-13(2,3)4/h5-8H,9H2,1-4H3,(H,14,15). The molecule has 0 fully saturated rings. The van der Waals surface area contributed by atoms with E-state index < -0.39 is 5.60 Å². The van der Waals surface area contributed by atoms with Gasteiger partial charge < -0.3 is 10.1 Å². The van der Waals surface area contributed by atoms with Crippen LogP contribution in [0.3, 0.4) is 0 Å². The number of amides is 1. The normalized spacial score (nSPS) is 11.0. The van der Waals surface area contributed by atoms with E-state index in [1.807, 2.05) is 52.0 Å². The first-order chi connectivity index (χ1) is 7.37. The molecule has 0 unspecified atom stereocenters. The van der Waals surface area contributed by atoms with E-state index in [-0.39, 0.29) is 6.09 Å². The smallest absolute Gasteiger partial charge is 0.407 e. The number of rotatable bonds is 2. The van der Waals surface area contributed by atoms with Crippen LogP contribution in [0.2, 0.25) is 0 Å². The highest BCUT2D eigenvalue weighted by atomic mass is 16.6. The van der Waals surface area contributed by atoms with Gasteiger partial charge in [0.2, 0.25) is 0 Å². The van der Waals surface area contributed by atoms with Crippen LogP contribution in [0.5, 0.6) is 0 Å². The van der Waals surface area contributed by atoms with Crippen LogP contribution in [-0.2, 0) is 11.3 Å². The fourth-order valence-electron chi connectivity index (χ4n) is 1.31. The number of hydrogen-bond donors (Lipinski definition) is 1. The van der Waals surface area contributed by atoms with Crippen LogP contribution < -0.4 is 5.32 Å². The highest BCUT2D eigenvalue weighted by Gasteiger charge is 2.15. The molecular weight excluding hydrogens is 202 g/mol. The predicted molar refractivity (Wildman–Crippen MR) is 64.3 cm³/mol. The van der Waals surface area contributed by atoms with E-state index in [0.29, 0.717) is 6.54 Å². The minimum Gasteiger partial charge on any atom is -0.444 e. The Balaban J connectivity index is 2.43. The molecule has 0 aliphatic rings. The second kappa shape index (κ2) is 5.01. The minimum absolute atomic E-state index is 0.381. The number of carbonyl (C=O) groups is 1. The molecule has 0 aliphatic heterocycles. The summed E-state index contributed by atoms with van der Waals surface area (Å²) in [5.41, 5.74) is 1.81. The lowest BCUT2D eigenvalue weighted by atomic mass is 10.1. The van der Waals surface area contributed by atoms with Crippen molar-refractivity contribution in [1.29, 1.82) is 0 Å². The zero-order valence-electron chi connectivity index (χ0n) is 10.3. The molecule has 1 aromatic carbocycles. The van der Waals surface area contributed by atoms with Gasteiger partial charge >= 0.3 is 6.09 Å². The highest BCUT2D eigenvalue weighted by molar-refractivity contribution is 5.67. The van der Waals surface area contributed by atoms with Crippen LogP contribution in [0.4, 0.5) is 4.79 Å². The maximum Gasteiger partial charge on any atom is 0.407 e. The topological polar surface area (TPSA) is 38.3 Å². The average molecular weight is 221 g/mol. The minimum atomic E-state index is -0.448. The summed E-state index contributed by atoms with van der Waals surface area (Å²) in [6.45, 7) is 8.06. The van der Waals surface area contributed by atoms with Crippen molar-refractivity contribution in [2.45, 2.75) is 39.8 Å². The van der Waals surface area contributed by atoms with E-state index in [9.17, 15) is 4.79 Å². The van der Waals surface area contributed by atoms with Crippen LogP contribution in [0, 0.1) is 6.92 Å². The zero-order chi connectivity index (χ0) is 12.2. The molecule has 0 atom stereocenters.